The van der Waals surface area contributed by atoms with Crippen LogP contribution in [0.25, 0.3) is 16.6 Å². The second-order valence-electron chi connectivity index (χ2n) is 9.71. The Hall–Kier alpha value is -3.24. The van der Waals surface area contributed by atoms with Gasteiger partial charge >= 0.3 is 0 Å². The number of pyridine rings is 1. The number of aryl methyl sites for hydroxylation is 2. The summed E-state index contributed by atoms with van der Waals surface area (Å²) in [6, 6.07) is 6.24. The van der Waals surface area contributed by atoms with Crippen molar-refractivity contribution in [2.75, 3.05) is 30.1 Å². The predicted molar refractivity (Wildman–Crippen MR) is 143 cm³/mol. The molecular formula is C26H32N6O3S. The normalized spacial score (nSPS) is 18.2. The molecule has 1 amide bonds. The highest BCUT2D eigenvalue weighted by Gasteiger charge is 2.31. The van der Waals surface area contributed by atoms with Crippen LogP contribution in [-0.4, -0.2) is 54.5 Å². The second kappa shape index (κ2) is 9.33. The molecule has 3 N–H and O–H groups in total. The van der Waals surface area contributed by atoms with Crippen LogP contribution < -0.4 is 15.5 Å². The zero-order valence-electron chi connectivity index (χ0n) is 21.1. The Kier molecular flexibility index (Phi) is 6.34. The number of amides is 1. The van der Waals surface area contributed by atoms with Gasteiger partial charge < -0.3 is 15.2 Å². The minimum Gasteiger partial charge on any atom is -0.342 e. The second-order valence-corrected chi connectivity index (χ2v) is 11.9. The van der Waals surface area contributed by atoms with E-state index >= 15 is 0 Å². The summed E-state index contributed by atoms with van der Waals surface area (Å²) in [5, 5.41) is 5.49. The number of nitrogens with one attached hydrogen (secondary N) is 3. The Bertz CT molecular complexity index is 1470. The number of benzene rings is 1. The number of hydrogen-bond acceptors (Lipinski definition) is 7. The number of H-pyrrole nitrogens is 1. The van der Waals surface area contributed by atoms with Crippen LogP contribution in [0.3, 0.4) is 0 Å². The fraction of sp³-hybridized carbons (Fsp3) is 0.423. The summed E-state index contributed by atoms with van der Waals surface area (Å²) in [5.74, 6) is 1.28. The average molecular weight is 509 g/mol. The number of carbonyl (C=O) groups excluding carboxylic acids is 1. The van der Waals surface area contributed by atoms with Crippen molar-refractivity contribution in [3.63, 3.8) is 0 Å². The molecule has 0 radical (unpaired) electrons. The Labute approximate surface area is 211 Å². The minimum absolute atomic E-state index is 0.00268. The van der Waals surface area contributed by atoms with E-state index in [1.54, 1.807) is 6.33 Å². The number of sulfone groups is 1. The fourth-order valence-electron chi connectivity index (χ4n) is 4.81. The van der Waals surface area contributed by atoms with Crippen LogP contribution >= 0.6 is 0 Å². The van der Waals surface area contributed by atoms with Crippen LogP contribution in [-0.2, 0) is 21.1 Å². The van der Waals surface area contributed by atoms with Gasteiger partial charge in [-0.1, -0.05) is 19.1 Å². The Balaban J connectivity index is 1.50. The van der Waals surface area contributed by atoms with E-state index in [4.69, 9.17) is 4.98 Å². The number of imidazole rings is 1. The van der Waals surface area contributed by atoms with Crippen molar-refractivity contribution in [2.24, 2.45) is 5.92 Å². The maximum Gasteiger partial charge on any atom is 0.228 e. The van der Waals surface area contributed by atoms with Crippen molar-refractivity contribution < 1.29 is 13.2 Å². The number of rotatable bonds is 7. The van der Waals surface area contributed by atoms with Crippen molar-refractivity contribution in [1.29, 1.82) is 0 Å². The van der Waals surface area contributed by atoms with Gasteiger partial charge in [0, 0.05) is 43.4 Å². The van der Waals surface area contributed by atoms with E-state index in [0.29, 0.717) is 18.8 Å². The highest BCUT2D eigenvalue weighted by molar-refractivity contribution is 7.91. The van der Waals surface area contributed by atoms with Crippen LogP contribution in [0, 0.1) is 12.8 Å². The summed E-state index contributed by atoms with van der Waals surface area (Å²) in [7, 11) is -1.21. The highest BCUT2D eigenvalue weighted by atomic mass is 32.2. The zero-order valence-corrected chi connectivity index (χ0v) is 21.9. The lowest BCUT2D eigenvalue weighted by Crippen LogP contribution is -2.38. The van der Waals surface area contributed by atoms with Gasteiger partial charge in [-0.15, -0.1) is 0 Å². The largest absolute Gasteiger partial charge is 0.342 e. The van der Waals surface area contributed by atoms with E-state index in [2.05, 4.69) is 45.7 Å². The molecule has 10 heteroatoms. The van der Waals surface area contributed by atoms with Crippen LogP contribution in [0.2, 0.25) is 0 Å². The average Bonchev–Trinajstić information content (AvgIpc) is 3.60. The van der Waals surface area contributed by atoms with Gasteiger partial charge in [0.1, 0.15) is 16.7 Å². The van der Waals surface area contributed by atoms with E-state index < -0.39 is 15.2 Å². The molecule has 0 saturated heterocycles. The third-order valence-corrected chi connectivity index (χ3v) is 8.47. The molecule has 1 aliphatic carbocycles. The first-order chi connectivity index (χ1) is 17.2. The summed E-state index contributed by atoms with van der Waals surface area (Å²) < 4.78 is 24.2. The van der Waals surface area contributed by atoms with Gasteiger partial charge in [-0.2, -0.15) is 0 Å². The predicted octanol–water partition coefficient (Wildman–Crippen LogP) is 3.69. The van der Waals surface area contributed by atoms with Gasteiger partial charge in [0.25, 0.3) is 0 Å². The number of aromatic amines is 1. The number of nitrogens with zero attached hydrogens (tertiary/aromatic N) is 3. The number of fused-ring (bicyclic) bond motifs is 1. The number of hydrogen-bond donors (Lipinski definition) is 3. The first-order valence-electron chi connectivity index (χ1n) is 12.3. The molecule has 0 spiro atoms. The Morgan fingerprint density at radius 2 is 2.06 bits per heavy atom. The third kappa shape index (κ3) is 4.62. The van der Waals surface area contributed by atoms with Crippen LogP contribution in [0.4, 0.5) is 17.3 Å². The van der Waals surface area contributed by atoms with Gasteiger partial charge in [0.15, 0.2) is 15.7 Å². The first kappa shape index (κ1) is 24.5. The molecule has 5 rings (SSSR count). The summed E-state index contributed by atoms with van der Waals surface area (Å²) in [6.07, 6.45) is 8.03. The quantitative estimate of drug-likeness (QED) is 0.445. The molecule has 1 fully saturated rings. The molecule has 1 saturated carbocycles. The lowest BCUT2D eigenvalue weighted by Gasteiger charge is -2.26. The molecule has 1 atom stereocenters. The number of carbonyl (C=O) groups is 1. The lowest BCUT2D eigenvalue weighted by atomic mass is 9.96. The van der Waals surface area contributed by atoms with Crippen molar-refractivity contribution in [3.8, 4) is 0 Å². The van der Waals surface area contributed by atoms with Crippen LogP contribution in [0.1, 0.15) is 42.9 Å². The SMILES string of the molecule is CCc1cc(C2=CCNC(S(C)(=O)=O)C2)ccc1N(C)c1nc(NC(=O)C2CC2)c2[nH]cnc2c1C. The maximum atomic E-state index is 12.5. The van der Waals surface area contributed by atoms with Gasteiger partial charge in [-0.05, 0) is 55.0 Å². The van der Waals surface area contributed by atoms with Crippen molar-refractivity contribution in [3.05, 3.63) is 47.3 Å². The van der Waals surface area contributed by atoms with Crippen LogP contribution in [0.5, 0.6) is 0 Å². The third-order valence-electron chi connectivity index (χ3n) is 7.10. The molecule has 36 heavy (non-hydrogen) atoms. The lowest BCUT2D eigenvalue weighted by molar-refractivity contribution is -0.117. The van der Waals surface area contributed by atoms with Crippen molar-refractivity contribution in [1.82, 2.24) is 20.3 Å². The standard InChI is InChI=1S/C26H32N6O3S/c1-5-16-12-18(19-10-11-27-21(13-19)36(4,34)35)8-9-20(16)32(3)25-15(2)22-23(29-14-28-22)24(30-25)31-26(33)17-6-7-17/h8-10,12,14,17,21,27H,5-7,11,13H2,1-4H3,(H,28,29)(H,30,31,33). The molecular weight excluding hydrogens is 476 g/mol. The van der Waals surface area contributed by atoms with E-state index in [1.807, 2.05) is 24.9 Å². The highest BCUT2D eigenvalue weighted by Crippen LogP contribution is 2.37. The summed E-state index contributed by atoms with van der Waals surface area (Å²) >= 11 is 0. The maximum absolute atomic E-state index is 12.5. The zero-order chi connectivity index (χ0) is 25.6. The molecule has 0 bridgehead atoms. The molecule has 1 aromatic carbocycles. The van der Waals surface area contributed by atoms with Gasteiger partial charge in [-0.3, -0.25) is 10.1 Å². The summed E-state index contributed by atoms with van der Waals surface area (Å²) in [4.78, 5) is 27.0. The topological polar surface area (TPSA) is 120 Å². The molecule has 2 aliphatic rings. The van der Waals surface area contributed by atoms with Gasteiger partial charge in [0.05, 0.1) is 11.8 Å². The van der Waals surface area contributed by atoms with E-state index in [-0.39, 0.29) is 11.8 Å². The molecule has 1 aliphatic heterocycles. The minimum atomic E-state index is -3.18. The Morgan fingerprint density at radius 1 is 1.28 bits per heavy atom. The molecule has 1 unspecified atom stereocenters. The van der Waals surface area contributed by atoms with E-state index in [9.17, 15) is 13.2 Å². The smallest absolute Gasteiger partial charge is 0.228 e. The number of anilines is 3. The molecule has 2 aromatic heterocycles. The molecule has 9 nitrogen and oxygen atoms in total. The van der Waals surface area contributed by atoms with Gasteiger partial charge in [0.2, 0.25) is 5.91 Å². The van der Waals surface area contributed by atoms with E-state index in [1.165, 1.54) is 6.26 Å². The van der Waals surface area contributed by atoms with E-state index in [0.717, 1.165) is 64.1 Å². The van der Waals surface area contributed by atoms with Crippen molar-refractivity contribution in [2.45, 2.75) is 44.9 Å². The molecule has 3 heterocycles. The summed E-state index contributed by atoms with van der Waals surface area (Å²) in [5.41, 5.74) is 6.61. The fourth-order valence-corrected chi connectivity index (χ4v) is 5.69. The number of aromatic nitrogens is 3. The van der Waals surface area contributed by atoms with Gasteiger partial charge in [-0.25, -0.2) is 18.4 Å². The first-order valence-corrected chi connectivity index (χ1v) is 14.3. The summed E-state index contributed by atoms with van der Waals surface area (Å²) in [6.45, 7) is 4.61. The molecule has 3 aromatic rings. The Morgan fingerprint density at radius 3 is 2.75 bits per heavy atom. The molecule has 190 valence electrons. The monoisotopic (exact) mass is 508 g/mol. The van der Waals surface area contributed by atoms with Crippen LogP contribution in [0.15, 0.2) is 30.6 Å². The van der Waals surface area contributed by atoms with Crippen molar-refractivity contribution >= 4 is 49.7 Å².